The maximum Gasteiger partial charge on any atom is 0.425 e. The number of nitriles is 3. The molecule has 0 unspecified atom stereocenters. The minimum Gasteiger partial charge on any atom is -0.428 e. The Morgan fingerprint density at radius 2 is 1.08 bits per heavy atom. The summed E-state index contributed by atoms with van der Waals surface area (Å²) in [6.07, 6.45) is 14.3. The molecule has 0 aliphatic rings. The lowest BCUT2D eigenvalue weighted by molar-refractivity contribution is 0.257. The van der Waals surface area contributed by atoms with E-state index in [9.17, 15) is 9.59 Å². The number of rotatable bonds is 21. The third kappa shape index (κ3) is 13.2. The van der Waals surface area contributed by atoms with Gasteiger partial charge < -0.3 is 18.6 Å². The monoisotopic (exact) mass is 504 g/mol. The number of ether oxygens (including phenoxy) is 3. The Balaban J connectivity index is 2.77. The molecule has 0 saturated heterocycles. The fourth-order valence-corrected chi connectivity index (χ4v) is 3.54. The third-order valence-electron chi connectivity index (χ3n) is 5.44. The Morgan fingerprint density at radius 3 is 1.58 bits per heavy atom. The standard InChI is InChI=1S/C24H36N6O6/c25-19-33-16-10-4-1-7-13-28-22-29(14-8-2-5-11-17-34-20-26)23(31)30(24(32)36-22)15-9-3-6-12-18-35-21-27/h1-18H2/b28-22+. The van der Waals surface area contributed by atoms with Crippen molar-refractivity contribution in [3.05, 3.63) is 26.7 Å². The lowest BCUT2D eigenvalue weighted by atomic mass is 10.2. The van der Waals surface area contributed by atoms with Crippen LogP contribution in [-0.2, 0) is 27.3 Å². The Hall–Kier alpha value is -3.72. The highest BCUT2D eigenvalue weighted by Gasteiger charge is 2.11. The van der Waals surface area contributed by atoms with Gasteiger partial charge >= 0.3 is 17.1 Å². The summed E-state index contributed by atoms with van der Waals surface area (Å²) in [7, 11) is 0. The lowest BCUT2D eigenvalue weighted by Crippen LogP contribution is -2.47. The van der Waals surface area contributed by atoms with E-state index in [0.29, 0.717) is 45.8 Å². The van der Waals surface area contributed by atoms with E-state index in [0.717, 1.165) is 68.8 Å². The minimum atomic E-state index is -0.717. The predicted molar refractivity (Wildman–Crippen MR) is 128 cm³/mol. The smallest absolute Gasteiger partial charge is 0.425 e. The van der Waals surface area contributed by atoms with Gasteiger partial charge in [-0.1, -0.05) is 19.3 Å². The first-order valence-electron chi connectivity index (χ1n) is 12.5. The average Bonchev–Trinajstić information content (AvgIpc) is 2.87. The Kier molecular flexibility index (Phi) is 17.4. The fraction of sp³-hybridized carbons (Fsp3) is 0.750. The van der Waals surface area contributed by atoms with Gasteiger partial charge in [-0.05, 0) is 57.8 Å². The molecule has 0 aliphatic carbocycles. The summed E-state index contributed by atoms with van der Waals surface area (Å²) in [6, 6.07) is 0. The molecule has 0 radical (unpaired) electrons. The first-order valence-corrected chi connectivity index (χ1v) is 12.5. The van der Waals surface area contributed by atoms with E-state index in [4.69, 9.17) is 20.2 Å². The second kappa shape index (κ2) is 20.6. The van der Waals surface area contributed by atoms with Crippen LogP contribution in [0.2, 0.25) is 0 Å². The lowest BCUT2D eigenvalue weighted by Gasteiger charge is -2.10. The summed E-state index contributed by atoms with van der Waals surface area (Å²) >= 11 is 0. The van der Waals surface area contributed by atoms with Gasteiger partial charge in [0.05, 0.1) is 0 Å². The second-order valence-electron chi connectivity index (χ2n) is 8.18. The highest BCUT2D eigenvalue weighted by Crippen LogP contribution is 2.03. The number of hydrogen-bond donors (Lipinski definition) is 0. The van der Waals surface area contributed by atoms with Crippen molar-refractivity contribution in [2.24, 2.45) is 4.99 Å². The van der Waals surface area contributed by atoms with Crippen LogP contribution in [0.25, 0.3) is 0 Å². The van der Waals surface area contributed by atoms with Crippen molar-refractivity contribution in [1.29, 1.82) is 15.8 Å². The third-order valence-corrected chi connectivity index (χ3v) is 5.44. The minimum absolute atomic E-state index is 0.0375. The SMILES string of the molecule is N#COCCCCCC/N=c1/oc(=O)n(CCCCCCOC#N)c(=O)n1CCCCCCOC#N. The topological polar surface area (TPSA) is 169 Å². The zero-order valence-electron chi connectivity index (χ0n) is 20.9. The van der Waals surface area contributed by atoms with Crippen molar-refractivity contribution in [1.82, 2.24) is 9.13 Å². The van der Waals surface area contributed by atoms with Gasteiger partial charge in [0.15, 0.2) is 0 Å². The molecule has 0 aliphatic heterocycles. The Bertz CT molecular complexity index is 1040. The van der Waals surface area contributed by atoms with Crippen molar-refractivity contribution in [2.45, 2.75) is 90.1 Å². The van der Waals surface area contributed by atoms with Crippen LogP contribution in [0.1, 0.15) is 77.0 Å². The molecule has 198 valence electrons. The maximum absolute atomic E-state index is 13.1. The predicted octanol–water partition coefficient (Wildman–Crippen LogP) is 2.68. The van der Waals surface area contributed by atoms with Crippen LogP contribution < -0.4 is 17.1 Å². The summed E-state index contributed by atoms with van der Waals surface area (Å²) < 4.78 is 21.9. The van der Waals surface area contributed by atoms with Gasteiger partial charge in [-0.15, -0.1) is 0 Å². The van der Waals surface area contributed by atoms with Gasteiger partial charge in [-0.25, -0.2) is 23.7 Å². The van der Waals surface area contributed by atoms with E-state index in [1.807, 2.05) is 0 Å². The molecule has 0 atom stereocenters. The zero-order valence-corrected chi connectivity index (χ0v) is 20.9. The molecule has 0 spiro atoms. The molecule has 0 saturated carbocycles. The van der Waals surface area contributed by atoms with E-state index in [1.165, 1.54) is 4.57 Å². The van der Waals surface area contributed by atoms with E-state index in [2.05, 4.69) is 19.2 Å². The summed E-state index contributed by atoms with van der Waals surface area (Å²) in [5.74, 6) is -0.717. The van der Waals surface area contributed by atoms with Crippen LogP contribution in [0.5, 0.6) is 0 Å². The molecule has 36 heavy (non-hydrogen) atoms. The molecule has 0 amide bonds. The van der Waals surface area contributed by atoms with Crippen LogP contribution in [0.4, 0.5) is 0 Å². The average molecular weight is 505 g/mol. The van der Waals surface area contributed by atoms with E-state index < -0.39 is 11.4 Å². The van der Waals surface area contributed by atoms with Crippen molar-refractivity contribution < 1.29 is 18.6 Å². The van der Waals surface area contributed by atoms with Gasteiger partial charge in [0.2, 0.25) is 0 Å². The first-order chi connectivity index (χ1) is 17.7. The van der Waals surface area contributed by atoms with Crippen molar-refractivity contribution in [3.8, 4) is 18.8 Å². The summed E-state index contributed by atoms with van der Waals surface area (Å²) in [5.41, 5.74) is -0.394. The summed E-state index contributed by atoms with van der Waals surface area (Å²) in [5, 5.41) is 25.2. The Morgan fingerprint density at radius 1 is 0.639 bits per heavy atom. The van der Waals surface area contributed by atoms with Gasteiger partial charge in [0.25, 0.3) is 18.8 Å². The molecule has 0 bridgehead atoms. The molecule has 12 nitrogen and oxygen atoms in total. The van der Waals surface area contributed by atoms with Gasteiger partial charge in [-0.3, -0.25) is 0 Å². The molecule has 12 heteroatoms. The van der Waals surface area contributed by atoms with Crippen molar-refractivity contribution >= 4 is 0 Å². The van der Waals surface area contributed by atoms with Crippen molar-refractivity contribution in [3.63, 3.8) is 0 Å². The van der Waals surface area contributed by atoms with Crippen LogP contribution in [-0.4, -0.2) is 35.5 Å². The van der Waals surface area contributed by atoms with Gasteiger partial charge in [0, 0.05) is 19.6 Å². The highest BCUT2D eigenvalue weighted by molar-refractivity contribution is 4.71. The summed E-state index contributed by atoms with van der Waals surface area (Å²) in [6.45, 7) is 2.18. The molecule has 1 rings (SSSR count). The van der Waals surface area contributed by atoms with Gasteiger partial charge in [-0.2, -0.15) is 15.8 Å². The van der Waals surface area contributed by atoms with Crippen LogP contribution in [0.15, 0.2) is 19.0 Å². The zero-order chi connectivity index (χ0) is 26.3. The second-order valence-corrected chi connectivity index (χ2v) is 8.18. The fourth-order valence-electron chi connectivity index (χ4n) is 3.54. The number of aromatic nitrogens is 2. The van der Waals surface area contributed by atoms with Crippen LogP contribution in [0.3, 0.4) is 0 Å². The van der Waals surface area contributed by atoms with E-state index in [-0.39, 0.29) is 12.2 Å². The molecule has 0 aromatic carbocycles. The van der Waals surface area contributed by atoms with Crippen LogP contribution in [0, 0.1) is 34.6 Å². The molecule has 0 fully saturated rings. The summed E-state index contributed by atoms with van der Waals surface area (Å²) in [4.78, 5) is 30.0. The number of hydrogen-bond acceptors (Lipinski definition) is 10. The highest BCUT2D eigenvalue weighted by atomic mass is 16.5. The molecular weight excluding hydrogens is 468 g/mol. The molecule has 1 aromatic rings. The Labute approximate surface area is 210 Å². The van der Waals surface area contributed by atoms with Crippen LogP contribution >= 0.6 is 0 Å². The van der Waals surface area contributed by atoms with Gasteiger partial charge in [0.1, 0.15) is 19.8 Å². The first kappa shape index (κ1) is 30.3. The van der Waals surface area contributed by atoms with E-state index >= 15 is 0 Å². The number of nitrogens with zero attached hydrogens (tertiary/aromatic N) is 6. The molecular formula is C24H36N6O6. The molecule has 0 N–H and O–H groups in total. The largest absolute Gasteiger partial charge is 0.428 e. The normalized spacial score (nSPS) is 10.9. The molecule has 1 aromatic heterocycles. The quantitative estimate of drug-likeness (QED) is 0.180. The van der Waals surface area contributed by atoms with E-state index in [1.54, 1.807) is 18.8 Å². The molecule has 1 heterocycles. The number of unbranched alkanes of at least 4 members (excludes halogenated alkanes) is 9. The maximum atomic E-state index is 13.1. The van der Waals surface area contributed by atoms with Crippen molar-refractivity contribution in [2.75, 3.05) is 26.4 Å².